The molecule has 0 aliphatic heterocycles. The van der Waals surface area contributed by atoms with E-state index in [1.54, 1.807) is 0 Å². The first-order valence-corrected chi connectivity index (χ1v) is 8.24. The first kappa shape index (κ1) is 18.7. The summed E-state index contributed by atoms with van der Waals surface area (Å²) in [6, 6.07) is 7.95. The molecule has 124 valence electrons. The minimum absolute atomic E-state index is 0.00178. The molecular weight excluding hydrogens is 276 g/mol. The Labute approximate surface area is 134 Å². The maximum absolute atomic E-state index is 12.2. The highest BCUT2D eigenvalue weighted by atomic mass is 16.3. The summed E-state index contributed by atoms with van der Waals surface area (Å²) in [5.74, 6) is 0.370. The summed E-state index contributed by atoms with van der Waals surface area (Å²) >= 11 is 0. The first-order valence-electron chi connectivity index (χ1n) is 8.24. The fourth-order valence-electron chi connectivity index (χ4n) is 2.44. The largest absolute Gasteiger partial charge is 0.392 e. The molecule has 0 aromatic heterocycles. The molecule has 0 bridgehead atoms. The zero-order chi connectivity index (χ0) is 16.5. The van der Waals surface area contributed by atoms with Crippen molar-refractivity contribution in [1.82, 2.24) is 5.32 Å². The van der Waals surface area contributed by atoms with Crippen LogP contribution in [0.4, 0.5) is 5.69 Å². The molecule has 2 atom stereocenters. The van der Waals surface area contributed by atoms with E-state index in [-0.39, 0.29) is 18.1 Å². The Balaban J connectivity index is 2.46. The van der Waals surface area contributed by atoms with Gasteiger partial charge in [0.15, 0.2) is 0 Å². The van der Waals surface area contributed by atoms with Crippen LogP contribution in [0.5, 0.6) is 0 Å². The predicted molar refractivity (Wildman–Crippen MR) is 92.2 cm³/mol. The molecule has 1 aromatic rings. The van der Waals surface area contributed by atoms with E-state index < -0.39 is 0 Å². The van der Waals surface area contributed by atoms with Crippen molar-refractivity contribution in [3.63, 3.8) is 0 Å². The average molecular weight is 306 g/mol. The average Bonchev–Trinajstić information content (AvgIpc) is 2.45. The minimum Gasteiger partial charge on any atom is -0.392 e. The standard InChI is InChI=1S/C18H30N2O2/c1-5-8-15(21)12-19-14(4)11-18(22)20-17-10-7-6-9-16(17)13(2)3/h6-7,9-10,13-15,19,21H,5,8,11-12H2,1-4H3,(H,20,22). The van der Waals surface area contributed by atoms with E-state index in [1.807, 2.05) is 38.1 Å². The number of carbonyl (C=O) groups is 1. The first-order chi connectivity index (χ1) is 10.4. The lowest BCUT2D eigenvalue weighted by Gasteiger charge is -2.18. The van der Waals surface area contributed by atoms with Crippen molar-refractivity contribution < 1.29 is 9.90 Å². The Morgan fingerprint density at radius 2 is 1.91 bits per heavy atom. The molecule has 3 N–H and O–H groups in total. The summed E-state index contributed by atoms with van der Waals surface area (Å²) in [5.41, 5.74) is 2.04. The molecule has 1 amide bonds. The van der Waals surface area contributed by atoms with E-state index in [1.165, 1.54) is 0 Å². The van der Waals surface area contributed by atoms with Gasteiger partial charge in [-0.3, -0.25) is 4.79 Å². The SMILES string of the molecule is CCCC(O)CNC(C)CC(=O)Nc1ccccc1C(C)C. The predicted octanol–water partition coefficient (Wildman–Crippen LogP) is 3.28. The molecule has 0 saturated heterocycles. The lowest BCUT2D eigenvalue weighted by molar-refractivity contribution is -0.116. The fourth-order valence-corrected chi connectivity index (χ4v) is 2.44. The summed E-state index contributed by atoms with van der Waals surface area (Å²) in [6.45, 7) is 8.78. The summed E-state index contributed by atoms with van der Waals surface area (Å²) in [7, 11) is 0. The van der Waals surface area contributed by atoms with Crippen LogP contribution in [0.25, 0.3) is 0 Å². The Morgan fingerprint density at radius 1 is 1.23 bits per heavy atom. The minimum atomic E-state index is -0.336. The van der Waals surface area contributed by atoms with Crippen molar-refractivity contribution in [2.45, 2.75) is 65.0 Å². The number of anilines is 1. The molecule has 2 unspecified atom stereocenters. The van der Waals surface area contributed by atoms with Crippen molar-refractivity contribution in [2.24, 2.45) is 0 Å². The van der Waals surface area contributed by atoms with Crippen LogP contribution in [0.3, 0.4) is 0 Å². The number of hydrogen-bond acceptors (Lipinski definition) is 3. The van der Waals surface area contributed by atoms with E-state index in [4.69, 9.17) is 0 Å². The Hall–Kier alpha value is -1.39. The zero-order valence-electron chi connectivity index (χ0n) is 14.2. The van der Waals surface area contributed by atoms with E-state index in [9.17, 15) is 9.90 Å². The fraction of sp³-hybridized carbons (Fsp3) is 0.611. The number of rotatable bonds is 9. The second-order valence-corrected chi connectivity index (χ2v) is 6.25. The van der Waals surface area contributed by atoms with Gasteiger partial charge in [0.2, 0.25) is 5.91 Å². The number of benzene rings is 1. The van der Waals surface area contributed by atoms with Gasteiger partial charge in [0.05, 0.1) is 6.10 Å². The van der Waals surface area contributed by atoms with Gasteiger partial charge in [-0.25, -0.2) is 0 Å². The lowest BCUT2D eigenvalue weighted by atomic mass is 10.0. The Morgan fingerprint density at radius 3 is 2.55 bits per heavy atom. The van der Waals surface area contributed by atoms with Crippen molar-refractivity contribution in [3.05, 3.63) is 29.8 Å². The number of aliphatic hydroxyl groups is 1. The van der Waals surface area contributed by atoms with Crippen LogP contribution in [0.1, 0.15) is 58.4 Å². The molecule has 0 heterocycles. The zero-order valence-corrected chi connectivity index (χ0v) is 14.2. The van der Waals surface area contributed by atoms with Gasteiger partial charge in [0.1, 0.15) is 0 Å². The van der Waals surface area contributed by atoms with E-state index in [0.29, 0.717) is 18.9 Å². The van der Waals surface area contributed by atoms with Crippen LogP contribution in [0, 0.1) is 0 Å². The monoisotopic (exact) mass is 306 g/mol. The van der Waals surface area contributed by atoms with E-state index in [0.717, 1.165) is 24.1 Å². The summed E-state index contributed by atoms with van der Waals surface area (Å²) < 4.78 is 0. The number of carbonyl (C=O) groups excluding carboxylic acids is 1. The second kappa shape index (κ2) is 9.59. The molecule has 0 aliphatic carbocycles. The van der Waals surface area contributed by atoms with Crippen LogP contribution in [0.15, 0.2) is 24.3 Å². The van der Waals surface area contributed by atoms with Gasteiger partial charge in [-0.1, -0.05) is 45.4 Å². The van der Waals surface area contributed by atoms with Crippen molar-refractivity contribution in [1.29, 1.82) is 0 Å². The molecular formula is C18H30N2O2. The van der Waals surface area contributed by atoms with Gasteiger partial charge in [0, 0.05) is 24.7 Å². The number of aliphatic hydroxyl groups excluding tert-OH is 1. The lowest BCUT2D eigenvalue weighted by Crippen LogP contribution is -2.36. The van der Waals surface area contributed by atoms with Crippen LogP contribution < -0.4 is 10.6 Å². The van der Waals surface area contributed by atoms with Crippen LogP contribution in [-0.2, 0) is 4.79 Å². The highest BCUT2D eigenvalue weighted by Crippen LogP contribution is 2.23. The highest BCUT2D eigenvalue weighted by molar-refractivity contribution is 5.91. The molecule has 0 aliphatic rings. The third-order valence-corrected chi connectivity index (χ3v) is 3.67. The number of hydrogen-bond donors (Lipinski definition) is 3. The molecule has 0 radical (unpaired) electrons. The van der Waals surface area contributed by atoms with Crippen molar-refractivity contribution >= 4 is 11.6 Å². The number of para-hydroxylation sites is 1. The van der Waals surface area contributed by atoms with Gasteiger partial charge in [-0.2, -0.15) is 0 Å². The molecule has 22 heavy (non-hydrogen) atoms. The maximum atomic E-state index is 12.2. The normalized spacial score (nSPS) is 13.9. The maximum Gasteiger partial charge on any atom is 0.225 e. The van der Waals surface area contributed by atoms with Crippen molar-refractivity contribution in [3.8, 4) is 0 Å². The molecule has 1 aromatic carbocycles. The van der Waals surface area contributed by atoms with E-state index in [2.05, 4.69) is 24.5 Å². The molecule has 0 saturated carbocycles. The van der Waals surface area contributed by atoms with Gasteiger partial charge < -0.3 is 15.7 Å². The second-order valence-electron chi connectivity index (χ2n) is 6.25. The summed E-state index contributed by atoms with van der Waals surface area (Å²) in [6.07, 6.45) is 1.81. The van der Waals surface area contributed by atoms with Gasteiger partial charge in [0.25, 0.3) is 0 Å². The molecule has 4 heteroatoms. The number of nitrogens with one attached hydrogen (secondary N) is 2. The Bertz CT molecular complexity index is 460. The topological polar surface area (TPSA) is 61.4 Å². The van der Waals surface area contributed by atoms with Crippen LogP contribution in [-0.4, -0.2) is 29.7 Å². The quantitative estimate of drug-likeness (QED) is 0.656. The van der Waals surface area contributed by atoms with Gasteiger partial charge >= 0.3 is 0 Å². The third kappa shape index (κ3) is 6.58. The number of amides is 1. The molecule has 0 spiro atoms. The van der Waals surface area contributed by atoms with Crippen molar-refractivity contribution in [2.75, 3.05) is 11.9 Å². The smallest absolute Gasteiger partial charge is 0.225 e. The van der Waals surface area contributed by atoms with E-state index >= 15 is 0 Å². The summed E-state index contributed by atoms with van der Waals surface area (Å²) in [4.78, 5) is 12.2. The molecule has 1 rings (SSSR count). The molecule has 4 nitrogen and oxygen atoms in total. The summed E-state index contributed by atoms with van der Waals surface area (Å²) in [5, 5.41) is 15.9. The molecule has 0 fully saturated rings. The third-order valence-electron chi connectivity index (χ3n) is 3.67. The Kier molecular flexibility index (Phi) is 8.13. The van der Waals surface area contributed by atoms with Gasteiger partial charge in [-0.15, -0.1) is 0 Å². The highest BCUT2D eigenvalue weighted by Gasteiger charge is 2.13. The van der Waals surface area contributed by atoms with Crippen LogP contribution in [0.2, 0.25) is 0 Å². The van der Waals surface area contributed by atoms with Gasteiger partial charge in [-0.05, 0) is 30.9 Å². The van der Waals surface area contributed by atoms with Crippen LogP contribution >= 0.6 is 0 Å².